The number of rotatable bonds is 6. The lowest BCUT2D eigenvalue weighted by Gasteiger charge is -2.26. The van der Waals surface area contributed by atoms with Crippen LogP contribution in [0.1, 0.15) is 44.6 Å². The van der Waals surface area contributed by atoms with Gasteiger partial charge < -0.3 is 10.1 Å². The fourth-order valence-electron chi connectivity index (χ4n) is 2.95. The van der Waals surface area contributed by atoms with Crippen molar-refractivity contribution in [3.63, 3.8) is 0 Å². The Kier molecular flexibility index (Phi) is 6.37. The molecule has 1 N–H and O–H groups in total. The van der Waals surface area contributed by atoms with Crippen LogP contribution in [0.5, 0.6) is 5.75 Å². The summed E-state index contributed by atoms with van der Waals surface area (Å²) in [5.74, 6) is 2.80. The van der Waals surface area contributed by atoms with Crippen LogP contribution in [0.25, 0.3) is 0 Å². The average molecular weight is 340 g/mol. The van der Waals surface area contributed by atoms with Crippen molar-refractivity contribution < 1.29 is 4.74 Å². The molecule has 2 nitrogen and oxygen atoms in total. The minimum absolute atomic E-state index is 0.900. The highest BCUT2D eigenvalue weighted by Gasteiger charge is 2.17. The van der Waals surface area contributed by atoms with E-state index in [1.54, 1.807) is 7.11 Å². The molecule has 1 fully saturated rings. The van der Waals surface area contributed by atoms with Crippen molar-refractivity contribution in [1.29, 1.82) is 0 Å². The first-order chi connectivity index (χ1) is 9.69. The van der Waals surface area contributed by atoms with Gasteiger partial charge in [-0.25, -0.2) is 0 Å². The molecule has 0 saturated heterocycles. The molecule has 0 atom stereocenters. The number of ether oxygens (including phenoxy) is 1. The Balaban J connectivity index is 1.68. The number of benzene rings is 1. The van der Waals surface area contributed by atoms with Gasteiger partial charge in [0.1, 0.15) is 5.75 Å². The van der Waals surface area contributed by atoms with Gasteiger partial charge in [0.2, 0.25) is 0 Å². The molecule has 20 heavy (non-hydrogen) atoms. The lowest BCUT2D eigenvalue weighted by Crippen LogP contribution is -2.20. The Morgan fingerprint density at radius 2 is 2.00 bits per heavy atom. The van der Waals surface area contributed by atoms with Crippen LogP contribution in [-0.4, -0.2) is 13.7 Å². The first-order valence-electron chi connectivity index (χ1n) is 7.72. The monoisotopic (exact) mass is 339 g/mol. The van der Waals surface area contributed by atoms with Gasteiger partial charge in [0, 0.05) is 11.0 Å². The molecule has 0 unspecified atom stereocenters. The average Bonchev–Trinajstić information content (AvgIpc) is 2.46. The van der Waals surface area contributed by atoms with Crippen molar-refractivity contribution in [2.24, 2.45) is 11.8 Å². The predicted octanol–water partition coefficient (Wildman–Crippen LogP) is 4.76. The first-order valence-corrected chi connectivity index (χ1v) is 8.51. The quantitative estimate of drug-likeness (QED) is 0.754. The number of halogens is 1. The van der Waals surface area contributed by atoms with E-state index in [0.29, 0.717) is 0 Å². The largest absolute Gasteiger partial charge is 0.497 e. The lowest BCUT2D eigenvalue weighted by molar-refractivity contribution is 0.275. The summed E-state index contributed by atoms with van der Waals surface area (Å²) < 4.78 is 6.33. The van der Waals surface area contributed by atoms with Crippen LogP contribution >= 0.6 is 15.9 Å². The third kappa shape index (κ3) is 4.78. The van der Waals surface area contributed by atoms with Crippen LogP contribution in [0.15, 0.2) is 22.7 Å². The molecular formula is C17H26BrNO. The molecule has 0 aliphatic heterocycles. The van der Waals surface area contributed by atoms with Gasteiger partial charge in [0.05, 0.1) is 7.11 Å². The summed E-state index contributed by atoms with van der Waals surface area (Å²) in [4.78, 5) is 0. The summed E-state index contributed by atoms with van der Waals surface area (Å²) in [6.07, 6.45) is 7.02. The highest BCUT2D eigenvalue weighted by molar-refractivity contribution is 9.10. The zero-order valence-electron chi connectivity index (χ0n) is 12.6. The highest BCUT2D eigenvalue weighted by atomic mass is 79.9. The second-order valence-electron chi connectivity index (χ2n) is 6.05. The molecule has 1 aromatic carbocycles. The summed E-state index contributed by atoms with van der Waals surface area (Å²) in [6.45, 7) is 4.43. The minimum Gasteiger partial charge on any atom is -0.497 e. The smallest absolute Gasteiger partial charge is 0.120 e. The molecule has 0 spiro atoms. The first kappa shape index (κ1) is 15.8. The number of hydrogen-bond acceptors (Lipinski definition) is 2. The van der Waals surface area contributed by atoms with Crippen LogP contribution in [0.4, 0.5) is 0 Å². The number of hydrogen-bond donors (Lipinski definition) is 1. The molecule has 3 heteroatoms. The summed E-state index contributed by atoms with van der Waals surface area (Å²) in [5, 5.41) is 3.57. The molecule has 0 aromatic heterocycles. The zero-order chi connectivity index (χ0) is 14.4. The van der Waals surface area contributed by atoms with E-state index in [1.165, 1.54) is 37.7 Å². The summed E-state index contributed by atoms with van der Waals surface area (Å²) in [6, 6.07) is 6.17. The Labute approximate surface area is 131 Å². The van der Waals surface area contributed by atoms with Crippen LogP contribution < -0.4 is 10.1 Å². The van der Waals surface area contributed by atoms with Crippen molar-refractivity contribution in [2.75, 3.05) is 13.7 Å². The van der Waals surface area contributed by atoms with Crippen LogP contribution in [-0.2, 0) is 6.54 Å². The predicted molar refractivity (Wildman–Crippen MR) is 88.1 cm³/mol. The van der Waals surface area contributed by atoms with E-state index >= 15 is 0 Å². The van der Waals surface area contributed by atoms with Gasteiger partial charge in [-0.15, -0.1) is 0 Å². The van der Waals surface area contributed by atoms with Crippen molar-refractivity contribution >= 4 is 15.9 Å². The van der Waals surface area contributed by atoms with Crippen molar-refractivity contribution in [1.82, 2.24) is 5.32 Å². The van der Waals surface area contributed by atoms with Crippen molar-refractivity contribution in [2.45, 2.75) is 45.6 Å². The highest BCUT2D eigenvalue weighted by Crippen LogP contribution is 2.30. The van der Waals surface area contributed by atoms with Gasteiger partial charge in [-0.1, -0.05) is 54.6 Å². The fraction of sp³-hybridized carbons (Fsp3) is 0.647. The van der Waals surface area contributed by atoms with E-state index in [2.05, 4.69) is 34.2 Å². The SMILES string of the molecule is COc1ccc(CNCCC2CCC(C)CC2)c(Br)c1. The molecule has 0 bridgehead atoms. The molecular weight excluding hydrogens is 314 g/mol. The zero-order valence-corrected chi connectivity index (χ0v) is 14.2. The Hall–Kier alpha value is -0.540. The maximum Gasteiger partial charge on any atom is 0.120 e. The van der Waals surface area contributed by atoms with Crippen LogP contribution in [0, 0.1) is 11.8 Å². The maximum atomic E-state index is 5.21. The molecule has 0 heterocycles. The number of methoxy groups -OCH3 is 1. The van der Waals surface area contributed by atoms with Crippen LogP contribution in [0.2, 0.25) is 0 Å². The molecule has 1 saturated carbocycles. The normalized spacial score (nSPS) is 22.8. The van der Waals surface area contributed by atoms with Crippen LogP contribution in [0.3, 0.4) is 0 Å². The Morgan fingerprint density at radius 3 is 2.65 bits per heavy atom. The summed E-state index contributed by atoms with van der Waals surface area (Å²) >= 11 is 3.60. The fourth-order valence-corrected chi connectivity index (χ4v) is 3.44. The van der Waals surface area contributed by atoms with Crippen molar-refractivity contribution in [3.8, 4) is 5.75 Å². The lowest BCUT2D eigenvalue weighted by atomic mass is 9.81. The van der Waals surface area contributed by atoms with Gasteiger partial charge in [0.25, 0.3) is 0 Å². The van der Waals surface area contributed by atoms with Gasteiger partial charge in [0.15, 0.2) is 0 Å². The van der Waals surface area contributed by atoms with Gasteiger partial charge >= 0.3 is 0 Å². The van der Waals surface area contributed by atoms with E-state index in [-0.39, 0.29) is 0 Å². The van der Waals surface area contributed by atoms with E-state index in [1.807, 2.05) is 12.1 Å². The van der Waals surface area contributed by atoms with Gasteiger partial charge in [-0.05, 0) is 42.5 Å². The Bertz CT molecular complexity index is 413. The van der Waals surface area contributed by atoms with E-state index in [9.17, 15) is 0 Å². The molecule has 0 radical (unpaired) electrons. The summed E-state index contributed by atoms with van der Waals surface area (Å²) in [7, 11) is 1.70. The molecule has 112 valence electrons. The molecule has 0 amide bonds. The molecule has 1 aromatic rings. The standard InChI is InChI=1S/C17H26BrNO/c1-13-3-5-14(6-4-13)9-10-19-12-15-7-8-16(20-2)11-17(15)18/h7-8,11,13-14,19H,3-6,9-10,12H2,1-2H3. The van der Waals surface area contributed by atoms with Gasteiger partial charge in [-0.3, -0.25) is 0 Å². The molecule has 1 aliphatic rings. The second-order valence-corrected chi connectivity index (χ2v) is 6.90. The Morgan fingerprint density at radius 1 is 1.25 bits per heavy atom. The van der Waals surface area contributed by atoms with E-state index in [0.717, 1.165) is 35.1 Å². The third-order valence-electron chi connectivity index (χ3n) is 4.44. The van der Waals surface area contributed by atoms with E-state index in [4.69, 9.17) is 4.74 Å². The summed E-state index contributed by atoms with van der Waals surface area (Å²) in [5.41, 5.74) is 1.29. The second kappa shape index (κ2) is 8.04. The maximum absolute atomic E-state index is 5.21. The van der Waals surface area contributed by atoms with Gasteiger partial charge in [-0.2, -0.15) is 0 Å². The molecule has 2 rings (SSSR count). The third-order valence-corrected chi connectivity index (χ3v) is 5.18. The van der Waals surface area contributed by atoms with Crippen molar-refractivity contribution in [3.05, 3.63) is 28.2 Å². The molecule has 1 aliphatic carbocycles. The van der Waals surface area contributed by atoms with E-state index < -0.39 is 0 Å². The topological polar surface area (TPSA) is 21.3 Å². The minimum atomic E-state index is 0.900. The number of nitrogens with one attached hydrogen (secondary N) is 1.